The Hall–Kier alpha value is -1.81. The van der Waals surface area contributed by atoms with Gasteiger partial charge in [-0.25, -0.2) is 0 Å². The van der Waals surface area contributed by atoms with E-state index in [1.54, 1.807) is 11.3 Å². The first-order chi connectivity index (χ1) is 10.8. The van der Waals surface area contributed by atoms with E-state index < -0.39 is 0 Å². The average molecular weight is 315 g/mol. The molecule has 0 bridgehead atoms. The fourth-order valence-electron chi connectivity index (χ4n) is 2.54. The molecule has 116 valence electrons. The zero-order chi connectivity index (χ0) is 15.4. The molecule has 1 heterocycles. The highest BCUT2D eigenvalue weighted by Crippen LogP contribution is 2.29. The minimum Gasteiger partial charge on any atom is -0.483 e. The van der Waals surface area contributed by atoms with Crippen LogP contribution in [0.15, 0.2) is 41.8 Å². The van der Waals surface area contributed by atoms with Gasteiger partial charge in [0.2, 0.25) is 0 Å². The predicted molar refractivity (Wildman–Crippen MR) is 89.2 cm³/mol. The molecule has 4 heteroatoms. The van der Waals surface area contributed by atoms with Crippen LogP contribution in [0.25, 0.3) is 0 Å². The quantitative estimate of drug-likeness (QED) is 0.776. The van der Waals surface area contributed by atoms with Crippen molar-refractivity contribution >= 4 is 17.2 Å². The smallest absolute Gasteiger partial charge is 0.261 e. The largest absolute Gasteiger partial charge is 0.483 e. The van der Waals surface area contributed by atoms with Gasteiger partial charge in [0.25, 0.3) is 5.91 Å². The lowest BCUT2D eigenvalue weighted by atomic mass is 10.1. The van der Waals surface area contributed by atoms with Crippen LogP contribution >= 0.6 is 11.3 Å². The number of nitrogens with zero attached hydrogens (tertiary/aromatic N) is 1. The summed E-state index contributed by atoms with van der Waals surface area (Å²) in [6.07, 6.45) is 3.14. The van der Waals surface area contributed by atoms with E-state index in [2.05, 4.69) is 18.4 Å². The Morgan fingerprint density at radius 2 is 2.09 bits per heavy atom. The summed E-state index contributed by atoms with van der Waals surface area (Å²) in [6.45, 7) is 2.93. The molecule has 1 aromatic heterocycles. The van der Waals surface area contributed by atoms with Crippen molar-refractivity contribution < 1.29 is 9.53 Å². The monoisotopic (exact) mass is 315 g/mol. The lowest BCUT2D eigenvalue weighted by Gasteiger charge is -2.22. The van der Waals surface area contributed by atoms with Gasteiger partial charge in [-0.1, -0.05) is 31.2 Å². The summed E-state index contributed by atoms with van der Waals surface area (Å²) in [4.78, 5) is 15.7. The summed E-state index contributed by atoms with van der Waals surface area (Å²) in [5, 5.41) is 2.05. The molecule has 1 aliphatic rings. The fourth-order valence-corrected chi connectivity index (χ4v) is 3.24. The standard InChI is InChI=1S/C18H21NO2S/c1-2-14-6-3-4-8-17(14)21-13-18(20)19(15-9-10-15)12-16-7-5-11-22-16/h3-8,11,15H,2,9-10,12-13H2,1H3. The second-order valence-electron chi connectivity index (χ2n) is 5.58. The molecule has 1 fully saturated rings. The molecule has 3 rings (SSSR count). The number of hydrogen-bond donors (Lipinski definition) is 0. The Morgan fingerprint density at radius 3 is 2.77 bits per heavy atom. The molecule has 1 aliphatic carbocycles. The van der Waals surface area contributed by atoms with Crippen molar-refractivity contribution in [3.63, 3.8) is 0 Å². The molecule has 0 aliphatic heterocycles. The molecule has 1 aromatic carbocycles. The second kappa shape index (κ2) is 6.97. The Labute approximate surface area is 135 Å². The van der Waals surface area contributed by atoms with E-state index in [1.807, 2.05) is 35.2 Å². The van der Waals surface area contributed by atoms with E-state index in [0.29, 0.717) is 12.6 Å². The first kappa shape index (κ1) is 15.1. The van der Waals surface area contributed by atoms with E-state index in [1.165, 1.54) is 4.88 Å². The van der Waals surface area contributed by atoms with Gasteiger partial charge in [-0.15, -0.1) is 11.3 Å². The van der Waals surface area contributed by atoms with Crippen molar-refractivity contribution in [1.29, 1.82) is 0 Å². The molecular weight excluding hydrogens is 294 g/mol. The van der Waals surface area contributed by atoms with Crippen LogP contribution in [0.1, 0.15) is 30.2 Å². The van der Waals surface area contributed by atoms with Crippen LogP contribution in [0.5, 0.6) is 5.75 Å². The molecule has 1 saturated carbocycles. The second-order valence-corrected chi connectivity index (χ2v) is 6.61. The van der Waals surface area contributed by atoms with Crippen LogP contribution in [0.4, 0.5) is 0 Å². The van der Waals surface area contributed by atoms with Crippen molar-refractivity contribution in [2.45, 2.75) is 38.8 Å². The summed E-state index contributed by atoms with van der Waals surface area (Å²) in [5.74, 6) is 0.909. The number of amides is 1. The summed E-state index contributed by atoms with van der Waals surface area (Å²) < 4.78 is 5.78. The maximum atomic E-state index is 12.5. The van der Waals surface area contributed by atoms with Gasteiger partial charge in [-0.3, -0.25) is 4.79 Å². The van der Waals surface area contributed by atoms with Gasteiger partial charge in [0.15, 0.2) is 6.61 Å². The van der Waals surface area contributed by atoms with Gasteiger partial charge < -0.3 is 9.64 Å². The first-order valence-electron chi connectivity index (χ1n) is 7.80. The lowest BCUT2D eigenvalue weighted by Crippen LogP contribution is -2.36. The van der Waals surface area contributed by atoms with Crippen LogP contribution in [0.3, 0.4) is 0 Å². The molecule has 0 spiro atoms. The van der Waals surface area contributed by atoms with Crippen LogP contribution in [0, 0.1) is 0 Å². The molecular formula is C18H21NO2S. The van der Waals surface area contributed by atoms with E-state index in [-0.39, 0.29) is 12.5 Å². The lowest BCUT2D eigenvalue weighted by molar-refractivity contribution is -0.134. The maximum absolute atomic E-state index is 12.5. The number of hydrogen-bond acceptors (Lipinski definition) is 3. The molecule has 0 atom stereocenters. The molecule has 0 radical (unpaired) electrons. The average Bonchev–Trinajstić information content (AvgIpc) is 3.26. The molecule has 3 nitrogen and oxygen atoms in total. The number of thiophene rings is 1. The van der Waals surface area contributed by atoms with Gasteiger partial charge >= 0.3 is 0 Å². The van der Waals surface area contributed by atoms with Crippen molar-refractivity contribution in [1.82, 2.24) is 4.90 Å². The SMILES string of the molecule is CCc1ccccc1OCC(=O)N(Cc1cccs1)C1CC1. The van der Waals surface area contributed by atoms with E-state index in [9.17, 15) is 4.79 Å². The van der Waals surface area contributed by atoms with Crippen molar-refractivity contribution in [2.75, 3.05) is 6.61 Å². The minimum absolute atomic E-state index is 0.0850. The van der Waals surface area contributed by atoms with Crippen LogP contribution in [-0.4, -0.2) is 23.5 Å². The number of carbonyl (C=O) groups excluding carboxylic acids is 1. The van der Waals surface area contributed by atoms with Crippen molar-refractivity contribution in [2.24, 2.45) is 0 Å². The number of carbonyl (C=O) groups is 1. The highest BCUT2D eigenvalue weighted by atomic mass is 32.1. The zero-order valence-corrected chi connectivity index (χ0v) is 13.6. The number of para-hydroxylation sites is 1. The molecule has 2 aromatic rings. The topological polar surface area (TPSA) is 29.5 Å². The minimum atomic E-state index is 0.0850. The van der Waals surface area contributed by atoms with Crippen LogP contribution < -0.4 is 4.74 Å². The maximum Gasteiger partial charge on any atom is 0.261 e. The molecule has 0 N–H and O–H groups in total. The number of ether oxygens (including phenoxy) is 1. The van der Waals surface area contributed by atoms with Gasteiger partial charge in [0, 0.05) is 10.9 Å². The third-order valence-electron chi connectivity index (χ3n) is 3.92. The van der Waals surface area contributed by atoms with Crippen LogP contribution in [-0.2, 0) is 17.8 Å². The zero-order valence-electron chi connectivity index (χ0n) is 12.8. The van der Waals surface area contributed by atoms with Gasteiger partial charge in [0.1, 0.15) is 5.75 Å². The summed E-state index contributed by atoms with van der Waals surface area (Å²) in [6, 6.07) is 12.4. The fraction of sp³-hybridized carbons (Fsp3) is 0.389. The molecule has 1 amide bonds. The third-order valence-corrected chi connectivity index (χ3v) is 4.78. The van der Waals surface area contributed by atoms with Crippen LogP contribution in [0.2, 0.25) is 0 Å². The van der Waals surface area contributed by atoms with Crippen molar-refractivity contribution in [3.8, 4) is 5.75 Å². The van der Waals surface area contributed by atoms with Gasteiger partial charge in [-0.2, -0.15) is 0 Å². The summed E-state index contributed by atoms with van der Waals surface area (Å²) >= 11 is 1.70. The predicted octanol–water partition coefficient (Wildman–Crippen LogP) is 3.88. The van der Waals surface area contributed by atoms with Gasteiger partial charge in [-0.05, 0) is 42.3 Å². The number of benzene rings is 1. The van der Waals surface area contributed by atoms with E-state index in [0.717, 1.165) is 30.6 Å². The highest BCUT2D eigenvalue weighted by Gasteiger charge is 2.32. The molecule has 22 heavy (non-hydrogen) atoms. The number of aryl methyl sites for hydroxylation is 1. The van der Waals surface area contributed by atoms with E-state index in [4.69, 9.17) is 4.74 Å². The van der Waals surface area contributed by atoms with E-state index >= 15 is 0 Å². The Kier molecular flexibility index (Phi) is 4.78. The Bertz CT molecular complexity index is 620. The van der Waals surface area contributed by atoms with Gasteiger partial charge in [0.05, 0.1) is 6.54 Å². The summed E-state index contributed by atoms with van der Waals surface area (Å²) in [5.41, 5.74) is 1.14. The highest BCUT2D eigenvalue weighted by molar-refractivity contribution is 7.09. The summed E-state index contributed by atoms with van der Waals surface area (Å²) in [7, 11) is 0. The number of rotatable bonds is 7. The molecule has 0 saturated heterocycles. The normalized spacial score (nSPS) is 13.9. The van der Waals surface area contributed by atoms with Crippen molar-refractivity contribution in [3.05, 3.63) is 52.2 Å². The Morgan fingerprint density at radius 1 is 1.27 bits per heavy atom. The Balaban J connectivity index is 1.62. The first-order valence-corrected chi connectivity index (χ1v) is 8.68. The molecule has 0 unspecified atom stereocenters. The third kappa shape index (κ3) is 3.69.